The van der Waals surface area contributed by atoms with Crippen molar-refractivity contribution in [1.82, 2.24) is 50.1 Å². The van der Waals surface area contributed by atoms with Crippen molar-refractivity contribution < 1.29 is 0 Å². The molecule has 0 aliphatic heterocycles. The third-order valence-electron chi connectivity index (χ3n) is 21.6. The van der Waals surface area contributed by atoms with Gasteiger partial charge in [0.15, 0.2) is 34.9 Å². The smallest absolute Gasteiger partial charge is 0.164 e. The predicted octanol–water partition coefficient (Wildman–Crippen LogP) is 27.7. The first-order valence-electron chi connectivity index (χ1n) is 39.1. The molecule has 6 aromatic heterocycles. The maximum absolute atomic E-state index is 5.05. The van der Waals surface area contributed by atoms with Gasteiger partial charge in [0.25, 0.3) is 0 Å². The van der Waals surface area contributed by atoms with E-state index in [1.165, 1.54) is 30.8 Å². The molecular formula is C106H66N10S2. The lowest BCUT2D eigenvalue weighted by molar-refractivity contribution is 1.07. The molecule has 0 saturated heterocycles. The van der Waals surface area contributed by atoms with E-state index in [9.17, 15) is 0 Å². The summed E-state index contributed by atoms with van der Waals surface area (Å²) < 4.78 is 3.60. The number of thiophene rings is 2. The van der Waals surface area contributed by atoms with Crippen LogP contribution in [-0.2, 0) is 0 Å². The van der Waals surface area contributed by atoms with Gasteiger partial charge >= 0.3 is 0 Å². The maximum atomic E-state index is 5.05. The molecule has 0 fully saturated rings. The van der Waals surface area contributed by atoms with E-state index in [0.29, 0.717) is 34.9 Å². The minimum Gasteiger partial charge on any atom is -0.243 e. The fraction of sp³-hybridized carbons (Fsp3) is 0. The Kier molecular flexibility index (Phi) is 18.4. The lowest BCUT2D eigenvalue weighted by Gasteiger charge is -2.11. The van der Waals surface area contributed by atoms with Gasteiger partial charge in [0.2, 0.25) is 0 Å². The number of para-hydroxylation sites is 2. The summed E-state index contributed by atoms with van der Waals surface area (Å²) in [6.45, 7) is 0. The third-order valence-corrected chi connectivity index (χ3v) is 23.9. The van der Waals surface area contributed by atoms with Gasteiger partial charge in [-0.3, -0.25) is 0 Å². The zero-order valence-corrected chi connectivity index (χ0v) is 65.0. The lowest BCUT2D eigenvalue weighted by Crippen LogP contribution is -2.00. The summed E-state index contributed by atoms with van der Waals surface area (Å²) in [5.41, 5.74) is 28.6. The van der Waals surface area contributed by atoms with Crippen LogP contribution in [0.3, 0.4) is 0 Å². The van der Waals surface area contributed by atoms with E-state index >= 15 is 0 Å². The number of hydrogen-bond acceptors (Lipinski definition) is 12. The Bertz CT molecular complexity index is 7510. The van der Waals surface area contributed by atoms with Gasteiger partial charge in [-0.2, -0.15) is 0 Å². The Balaban J connectivity index is 0.000000147. The molecule has 16 aromatic carbocycles. The van der Waals surface area contributed by atoms with Gasteiger partial charge in [0.05, 0.1) is 21.3 Å². The molecule has 12 heteroatoms. The molecule has 0 aliphatic rings. The van der Waals surface area contributed by atoms with Gasteiger partial charge < -0.3 is 0 Å². The average molecular weight is 1540 g/mol. The van der Waals surface area contributed by atoms with Crippen LogP contribution in [0, 0.1) is 0 Å². The van der Waals surface area contributed by atoms with Gasteiger partial charge in [0, 0.05) is 58.9 Å². The summed E-state index contributed by atoms with van der Waals surface area (Å²) in [5, 5.41) is 12.6. The second kappa shape index (κ2) is 30.9. The Morgan fingerprint density at radius 2 is 0.466 bits per heavy atom. The molecule has 552 valence electrons. The number of hydrogen-bond donors (Lipinski definition) is 0. The highest BCUT2D eigenvalue weighted by molar-refractivity contribution is 7.26. The fourth-order valence-electron chi connectivity index (χ4n) is 15.5. The molecular weight excluding hydrogens is 1480 g/mol. The quantitative estimate of drug-likeness (QED) is 0.104. The number of aromatic nitrogens is 10. The third kappa shape index (κ3) is 14.1. The molecule has 0 radical (unpaired) electrons. The van der Waals surface area contributed by atoms with E-state index in [-0.39, 0.29) is 0 Å². The Labute approximate surface area is 688 Å². The zero-order valence-electron chi connectivity index (χ0n) is 63.4. The van der Waals surface area contributed by atoms with Crippen LogP contribution in [0.2, 0.25) is 0 Å². The zero-order chi connectivity index (χ0) is 78.2. The fourth-order valence-corrected chi connectivity index (χ4v) is 17.8. The molecule has 118 heavy (non-hydrogen) atoms. The molecule has 0 atom stereocenters. The molecule has 0 amide bonds. The Morgan fingerprint density at radius 3 is 0.932 bits per heavy atom. The first-order chi connectivity index (χ1) is 58.4. The SMILES string of the molecule is c1ccc(-c2ccc(-c3nc(-c4ccccc4)nc(-c4cccc(-c5cccc(-c6ccc(-c7ccc8sc9c%10ccccc%10nnc9c8c7)cc6)c5)c4)n3)cc2)cc1.c1ccc(-c2ccc(-c3nc(-c4ccccc4)nc(-c4cccc(-c5cccc(-c6ccc(-c7cccc8c7sc7nc9ccccc9nc78)cc6)c5)c4)n3)cc2)cc1. The molecule has 22 rings (SSSR count). The van der Waals surface area contributed by atoms with Crippen molar-refractivity contribution in [1.29, 1.82) is 0 Å². The topological polar surface area (TPSA) is 129 Å². The van der Waals surface area contributed by atoms with Crippen molar-refractivity contribution in [3.63, 3.8) is 0 Å². The summed E-state index contributed by atoms with van der Waals surface area (Å²) in [7, 11) is 0. The standard InChI is InChI=1S/2C53H33N5S/c1-3-12-34(13-4-1)35-26-30-39(31-27-35)51-56-50(38-14-5-2-6-15-38)57-52(58-51)43-19-10-18-42(33-43)41-17-9-16-40(32-41)36-24-28-37(29-25-36)44-20-11-21-45-48-53(59-49(44)45)55-47-23-8-7-22-46(47)54-48;1-3-11-34(12-4-1)35-25-27-39(28-26-35)52-54-51(38-13-5-2-6-14-38)55-53(56-52)44-18-10-17-42(32-44)41-16-9-15-40(31-41)36-21-23-37(24-22-36)43-29-30-48-46(33-43)49-50(59-48)45-19-7-8-20-47(45)57-58-49/h2*1-33H. The molecule has 0 unspecified atom stereocenters. The second-order valence-electron chi connectivity index (χ2n) is 29.1. The van der Waals surface area contributed by atoms with E-state index in [0.717, 1.165) is 154 Å². The highest BCUT2D eigenvalue weighted by Crippen LogP contribution is 2.43. The minimum absolute atomic E-state index is 0.628. The Hall–Kier alpha value is -15.3. The monoisotopic (exact) mass is 1540 g/mol. The summed E-state index contributed by atoms with van der Waals surface area (Å²) in [6.07, 6.45) is 0. The molecule has 6 heterocycles. The Morgan fingerprint density at radius 1 is 0.161 bits per heavy atom. The molecule has 0 saturated carbocycles. The number of nitrogens with zero attached hydrogens (tertiary/aromatic N) is 10. The van der Waals surface area contributed by atoms with Crippen LogP contribution in [0.4, 0.5) is 0 Å². The largest absolute Gasteiger partial charge is 0.243 e. The molecule has 0 spiro atoms. The van der Waals surface area contributed by atoms with Crippen LogP contribution in [0.5, 0.6) is 0 Å². The maximum Gasteiger partial charge on any atom is 0.164 e. The molecule has 0 aliphatic carbocycles. The van der Waals surface area contributed by atoms with E-state index in [1.807, 2.05) is 109 Å². The first kappa shape index (κ1) is 70.5. The lowest BCUT2D eigenvalue weighted by atomic mass is 9.96. The van der Waals surface area contributed by atoms with Gasteiger partial charge in [-0.05, 0) is 144 Å². The summed E-state index contributed by atoms with van der Waals surface area (Å²) in [6, 6.07) is 139. The number of fused-ring (bicyclic) bond motifs is 9. The van der Waals surface area contributed by atoms with Crippen LogP contribution in [-0.4, -0.2) is 50.1 Å². The van der Waals surface area contributed by atoms with Crippen LogP contribution in [0.1, 0.15) is 0 Å². The van der Waals surface area contributed by atoms with Gasteiger partial charge in [-0.25, -0.2) is 39.9 Å². The van der Waals surface area contributed by atoms with E-state index in [2.05, 4.69) is 301 Å². The van der Waals surface area contributed by atoms with Crippen molar-refractivity contribution in [2.45, 2.75) is 0 Å². The average Bonchev–Trinajstić information content (AvgIpc) is 1.60. The summed E-state index contributed by atoms with van der Waals surface area (Å²) in [4.78, 5) is 40.9. The summed E-state index contributed by atoms with van der Waals surface area (Å²) >= 11 is 3.49. The molecule has 0 bridgehead atoms. The van der Waals surface area contributed by atoms with Crippen molar-refractivity contribution >= 4 is 85.3 Å². The molecule has 10 nitrogen and oxygen atoms in total. The van der Waals surface area contributed by atoms with E-state index in [1.54, 1.807) is 22.7 Å². The van der Waals surface area contributed by atoms with Crippen molar-refractivity contribution in [2.24, 2.45) is 0 Å². The highest BCUT2D eigenvalue weighted by Gasteiger charge is 2.20. The van der Waals surface area contributed by atoms with Gasteiger partial charge in [-0.15, -0.1) is 32.9 Å². The van der Waals surface area contributed by atoms with Crippen LogP contribution < -0.4 is 0 Å². The van der Waals surface area contributed by atoms with Gasteiger partial charge in [-0.1, -0.05) is 346 Å². The molecule has 0 N–H and O–H groups in total. The van der Waals surface area contributed by atoms with E-state index in [4.69, 9.17) is 39.9 Å². The van der Waals surface area contributed by atoms with E-state index < -0.39 is 0 Å². The van der Waals surface area contributed by atoms with Crippen molar-refractivity contribution in [2.75, 3.05) is 0 Å². The molecule has 22 aromatic rings. The summed E-state index contributed by atoms with van der Waals surface area (Å²) in [5.74, 6) is 3.80. The normalized spacial score (nSPS) is 11.4. The van der Waals surface area contributed by atoms with Crippen molar-refractivity contribution in [3.05, 3.63) is 400 Å². The first-order valence-corrected chi connectivity index (χ1v) is 40.8. The predicted molar refractivity (Wildman–Crippen MR) is 488 cm³/mol. The van der Waals surface area contributed by atoms with Crippen LogP contribution in [0.25, 0.3) is 220 Å². The van der Waals surface area contributed by atoms with Crippen LogP contribution >= 0.6 is 22.7 Å². The van der Waals surface area contributed by atoms with Crippen LogP contribution in [0.15, 0.2) is 400 Å². The number of benzene rings is 16. The van der Waals surface area contributed by atoms with Gasteiger partial charge in [0.1, 0.15) is 15.9 Å². The van der Waals surface area contributed by atoms with Crippen molar-refractivity contribution in [3.8, 4) is 157 Å². The second-order valence-corrected chi connectivity index (χ2v) is 31.1. The minimum atomic E-state index is 0.628. The highest BCUT2D eigenvalue weighted by atomic mass is 32.1. The number of rotatable bonds is 14.